The lowest BCUT2D eigenvalue weighted by Crippen LogP contribution is -2.44. The zero-order chi connectivity index (χ0) is 11.8. The predicted molar refractivity (Wildman–Crippen MR) is 68.8 cm³/mol. The molecule has 1 amide bonds. The van der Waals surface area contributed by atoms with Crippen LogP contribution in [-0.4, -0.2) is 30.5 Å². The van der Waals surface area contributed by atoms with E-state index in [2.05, 4.69) is 21.2 Å². The van der Waals surface area contributed by atoms with Crippen molar-refractivity contribution in [1.82, 2.24) is 5.32 Å². The van der Waals surface area contributed by atoms with Crippen LogP contribution in [0.15, 0.2) is 0 Å². The van der Waals surface area contributed by atoms with Gasteiger partial charge in [0.25, 0.3) is 0 Å². The molecular formula is C12H22BrNO2. The minimum atomic E-state index is 0.0336. The lowest BCUT2D eigenvalue weighted by atomic mass is 9.86. The van der Waals surface area contributed by atoms with Crippen molar-refractivity contribution in [2.75, 3.05) is 18.5 Å². The molecule has 0 radical (unpaired) electrons. The summed E-state index contributed by atoms with van der Waals surface area (Å²) in [5.41, 5.74) is 0. The van der Waals surface area contributed by atoms with E-state index in [9.17, 15) is 4.79 Å². The Morgan fingerprint density at radius 3 is 2.88 bits per heavy atom. The minimum Gasteiger partial charge on any atom is -0.372 e. The molecule has 0 heterocycles. The first-order valence-electron chi connectivity index (χ1n) is 6.21. The van der Waals surface area contributed by atoms with E-state index in [0.717, 1.165) is 18.2 Å². The second-order valence-corrected chi connectivity index (χ2v) is 5.07. The third kappa shape index (κ3) is 4.83. The Morgan fingerprint density at radius 2 is 2.19 bits per heavy atom. The second-order valence-electron chi connectivity index (χ2n) is 4.43. The van der Waals surface area contributed by atoms with Crippen molar-refractivity contribution in [3.63, 3.8) is 0 Å². The average Bonchev–Trinajstić information content (AvgIpc) is 2.30. The largest absolute Gasteiger partial charge is 0.372 e. The molecule has 94 valence electrons. The number of carbonyl (C=O) groups excluding carboxylic acids is 1. The van der Waals surface area contributed by atoms with Gasteiger partial charge >= 0.3 is 0 Å². The Balaban J connectivity index is 2.25. The van der Waals surface area contributed by atoms with Crippen molar-refractivity contribution in [1.29, 1.82) is 0 Å². The number of ether oxygens (including phenoxy) is 1. The fourth-order valence-electron chi connectivity index (χ4n) is 2.14. The van der Waals surface area contributed by atoms with Crippen LogP contribution in [0, 0.1) is 5.92 Å². The molecule has 0 bridgehead atoms. The SMILES string of the molecule is CCCOCC(=O)NC1CCCCC1CBr. The summed E-state index contributed by atoms with van der Waals surface area (Å²) in [6, 6.07) is 0.339. The van der Waals surface area contributed by atoms with Gasteiger partial charge in [0.1, 0.15) is 6.61 Å². The van der Waals surface area contributed by atoms with E-state index in [4.69, 9.17) is 4.74 Å². The number of rotatable bonds is 6. The molecule has 0 saturated heterocycles. The van der Waals surface area contributed by atoms with Crippen LogP contribution in [0.4, 0.5) is 0 Å². The number of hydrogen-bond acceptors (Lipinski definition) is 2. The van der Waals surface area contributed by atoms with Crippen LogP contribution in [0.5, 0.6) is 0 Å². The zero-order valence-electron chi connectivity index (χ0n) is 10.0. The predicted octanol–water partition coefficient (Wildman–Crippen LogP) is 2.48. The first-order valence-corrected chi connectivity index (χ1v) is 7.33. The van der Waals surface area contributed by atoms with E-state index in [1.807, 2.05) is 6.92 Å². The second kappa shape index (κ2) is 8.07. The van der Waals surface area contributed by atoms with Gasteiger partial charge in [-0.25, -0.2) is 0 Å². The van der Waals surface area contributed by atoms with Crippen LogP contribution in [0.3, 0.4) is 0 Å². The highest BCUT2D eigenvalue weighted by Gasteiger charge is 2.25. The Hall–Kier alpha value is -0.0900. The molecule has 1 aliphatic carbocycles. The van der Waals surface area contributed by atoms with Gasteiger partial charge in [-0.3, -0.25) is 4.79 Å². The highest BCUT2D eigenvalue weighted by molar-refractivity contribution is 9.09. The van der Waals surface area contributed by atoms with Crippen LogP contribution in [0.1, 0.15) is 39.0 Å². The molecule has 0 aromatic carbocycles. The normalized spacial score (nSPS) is 25.4. The molecule has 4 heteroatoms. The summed E-state index contributed by atoms with van der Waals surface area (Å²) in [6.07, 6.45) is 5.79. The summed E-state index contributed by atoms with van der Waals surface area (Å²) in [6.45, 7) is 2.92. The highest BCUT2D eigenvalue weighted by atomic mass is 79.9. The van der Waals surface area contributed by atoms with Gasteiger partial charge in [-0.2, -0.15) is 0 Å². The summed E-state index contributed by atoms with van der Waals surface area (Å²) in [5, 5.41) is 4.06. The number of nitrogens with one attached hydrogen (secondary N) is 1. The maximum Gasteiger partial charge on any atom is 0.246 e. The van der Waals surface area contributed by atoms with Gasteiger partial charge in [0, 0.05) is 18.0 Å². The molecule has 0 aromatic heterocycles. The maximum absolute atomic E-state index is 11.6. The Labute approximate surface area is 106 Å². The molecular weight excluding hydrogens is 270 g/mol. The van der Waals surface area contributed by atoms with Crippen LogP contribution < -0.4 is 5.32 Å². The van der Waals surface area contributed by atoms with Gasteiger partial charge in [0.05, 0.1) is 0 Å². The Kier molecular flexibility index (Phi) is 7.05. The van der Waals surface area contributed by atoms with E-state index >= 15 is 0 Å². The molecule has 1 saturated carbocycles. The van der Waals surface area contributed by atoms with Crippen LogP contribution in [-0.2, 0) is 9.53 Å². The number of alkyl halides is 1. The van der Waals surface area contributed by atoms with Gasteiger partial charge in [0.2, 0.25) is 5.91 Å². The van der Waals surface area contributed by atoms with E-state index in [-0.39, 0.29) is 12.5 Å². The molecule has 1 aliphatic rings. The van der Waals surface area contributed by atoms with Gasteiger partial charge in [-0.15, -0.1) is 0 Å². The quantitative estimate of drug-likeness (QED) is 0.603. The average molecular weight is 292 g/mol. The molecule has 2 atom stereocenters. The fraction of sp³-hybridized carbons (Fsp3) is 0.917. The number of hydrogen-bond donors (Lipinski definition) is 1. The summed E-state index contributed by atoms with van der Waals surface area (Å²) in [5.74, 6) is 0.621. The number of amides is 1. The standard InChI is InChI=1S/C12H22BrNO2/c1-2-7-16-9-12(15)14-11-6-4-3-5-10(11)8-13/h10-11H,2-9H2,1H3,(H,14,15). The smallest absolute Gasteiger partial charge is 0.246 e. The van der Waals surface area contributed by atoms with Crippen molar-refractivity contribution >= 4 is 21.8 Å². The van der Waals surface area contributed by atoms with Gasteiger partial charge < -0.3 is 10.1 Å². The number of halogens is 1. The van der Waals surface area contributed by atoms with E-state index in [1.54, 1.807) is 0 Å². The van der Waals surface area contributed by atoms with Crippen molar-refractivity contribution < 1.29 is 9.53 Å². The van der Waals surface area contributed by atoms with E-state index < -0.39 is 0 Å². The van der Waals surface area contributed by atoms with Crippen molar-refractivity contribution in [3.8, 4) is 0 Å². The van der Waals surface area contributed by atoms with Crippen LogP contribution >= 0.6 is 15.9 Å². The molecule has 1 fully saturated rings. The van der Waals surface area contributed by atoms with Gasteiger partial charge in [0.15, 0.2) is 0 Å². The molecule has 0 aromatic rings. The summed E-state index contributed by atoms with van der Waals surface area (Å²) in [7, 11) is 0. The zero-order valence-corrected chi connectivity index (χ0v) is 11.6. The summed E-state index contributed by atoms with van der Waals surface area (Å²) < 4.78 is 5.23. The topological polar surface area (TPSA) is 38.3 Å². The highest BCUT2D eigenvalue weighted by Crippen LogP contribution is 2.25. The lowest BCUT2D eigenvalue weighted by Gasteiger charge is -2.30. The molecule has 1 N–H and O–H groups in total. The third-order valence-corrected chi connectivity index (χ3v) is 3.87. The first kappa shape index (κ1) is 14.0. The van der Waals surface area contributed by atoms with E-state index in [0.29, 0.717) is 18.6 Å². The molecule has 3 nitrogen and oxygen atoms in total. The summed E-state index contributed by atoms with van der Waals surface area (Å²) >= 11 is 3.52. The molecule has 0 aliphatic heterocycles. The maximum atomic E-state index is 11.6. The van der Waals surface area contributed by atoms with Crippen molar-refractivity contribution in [3.05, 3.63) is 0 Å². The monoisotopic (exact) mass is 291 g/mol. The van der Waals surface area contributed by atoms with Crippen molar-refractivity contribution in [2.45, 2.75) is 45.1 Å². The molecule has 16 heavy (non-hydrogen) atoms. The van der Waals surface area contributed by atoms with Crippen molar-refractivity contribution in [2.24, 2.45) is 5.92 Å². The third-order valence-electron chi connectivity index (χ3n) is 3.04. The van der Waals surface area contributed by atoms with Crippen LogP contribution in [0.2, 0.25) is 0 Å². The lowest BCUT2D eigenvalue weighted by molar-refractivity contribution is -0.127. The molecule has 2 unspecified atom stereocenters. The molecule has 0 spiro atoms. The molecule has 1 rings (SSSR count). The van der Waals surface area contributed by atoms with Crippen LogP contribution in [0.25, 0.3) is 0 Å². The number of carbonyl (C=O) groups is 1. The fourth-order valence-corrected chi connectivity index (χ4v) is 2.92. The van der Waals surface area contributed by atoms with Gasteiger partial charge in [-0.1, -0.05) is 35.7 Å². The van der Waals surface area contributed by atoms with E-state index in [1.165, 1.54) is 19.3 Å². The first-order chi connectivity index (χ1) is 7.77. The Bertz CT molecular complexity index is 211. The summed E-state index contributed by atoms with van der Waals surface area (Å²) in [4.78, 5) is 11.6. The Morgan fingerprint density at radius 1 is 1.44 bits per heavy atom. The minimum absolute atomic E-state index is 0.0336. The van der Waals surface area contributed by atoms with Gasteiger partial charge in [-0.05, 0) is 25.2 Å².